The van der Waals surface area contributed by atoms with Gasteiger partial charge in [-0.2, -0.15) is 0 Å². The monoisotopic (exact) mass is 419 g/mol. The van der Waals surface area contributed by atoms with Crippen LogP contribution in [0, 0.1) is 12.7 Å². The van der Waals surface area contributed by atoms with Crippen LogP contribution in [0.3, 0.4) is 0 Å². The largest absolute Gasteiger partial charge is 0.497 e. The Morgan fingerprint density at radius 1 is 1.00 bits per heavy atom. The smallest absolute Gasteiger partial charge is 0.262 e. The average Bonchev–Trinajstić information content (AvgIpc) is 3.07. The minimum Gasteiger partial charge on any atom is -0.497 e. The zero-order valence-electron chi connectivity index (χ0n) is 16.5. The lowest BCUT2D eigenvalue weighted by Crippen LogP contribution is -2.25. The molecule has 0 spiro atoms. The van der Waals surface area contributed by atoms with Crippen molar-refractivity contribution in [3.05, 3.63) is 106 Å². The summed E-state index contributed by atoms with van der Waals surface area (Å²) in [5.74, 6) is 0.258. The van der Waals surface area contributed by atoms with Crippen molar-refractivity contribution in [2.45, 2.75) is 6.92 Å². The molecule has 0 saturated carbocycles. The van der Waals surface area contributed by atoms with Gasteiger partial charge < -0.3 is 4.74 Å². The van der Waals surface area contributed by atoms with E-state index in [0.29, 0.717) is 27.5 Å². The highest BCUT2D eigenvalue weighted by molar-refractivity contribution is 6.30. The number of hydrogen-bond donors (Lipinski definition) is 0. The Bertz CT molecular complexity index is 1160. The number of hydrogen-bond acceptors (Lipinski definition) is 2. The van der Waals surface area contributed by atoms with Gasteiger partial charge in [-0.05, 0) is 78.2 Å². The first-order valence-electron chi connectivity index (χ1n) is 9.40. The SMILES string of the molecule is COc1ccc(/C=C2/C=C(c3ccc(Cl)cc3)N(c3ccc(F)c(C)c3)C2=O)cc1. The van der Waals surface area contributed by atoms with Crippen LogP contribution in [0.25, 0.3) is 11.8 Å². The molecule has 0 unspecified atom stereocenters. The van der Waals surface area contributed by atoms with Gasteiger partial charge in [-0.1, -0.05) is 35.9 Å². The molecule has 3 aromatic carbocycles. The molecular weight excluding hydrogens is 401 g/mol. The highest BCUT2D eigenvalue weighted by Crippen LogP contribution is 2.36. The average molecular weight is 420 g/mol. The van der Waals surface area contributed by atoms with Gasteiger partial charge in [-0.25, -0.2) is 4.39 Å². The van der Waals surface area contributed by atoms with E-state index in [1.165, 1.54) is 6.07 Å². The van der Waals surface area contributed by atoms with Crippen molar-refractivity contribution in [2.24, 2.45) is 0 Å². The van der Waals surface area contributed by atoms with Crippen LogP contribution in [-0.4, -0.2) is 13.0 Å². The summed E-state index contributed by atoms with van der Waals surface area (Å²) in [6.45, 7) is 1.68. The first-order chi connectivity index (χ1) is 14.5. The van der Waals surface area contributed by atoms with Crippen LogP contribution in [0.4, 0.5) is 10.1 Å². The maximum Gasteiger partial charge on any atom is 0.262 e. The first-order valence-corrected chi connectivity index (χ1v) is 9.78. The molecule has 4 rings (SSSR count). The highest BCUT2D eigenvalue weighted by Gasteiger charge is 2.30. The maximum atomic E-state index is 13.8. The second-order valence-corrected chi connectivity index (χ2v) is 7.42. The van der Waals surface area contributed by atoms with E-state index < -0.39 is 0 Å². The lowest BCUT2D eigenvalue weighted by atomic mass is 10.1. The Balaban J connectivity index is 1.80. The van der Waals surface area contributed by atoms with Crippen LogP contribution in [0.1, 0.15) is 16.7 Å². The predicted molar refractivity (Wildman–Crippen MR) is 119 cm³/mol. The number of aryl methyl sites for hydroxylation is 1. The summed E-state index contributed by atoms with van der Waals surface area (Å²) < 4.78 is 19.0. The molecule has 1 heterocycles. The summed E-state index contributed by atoms with van der Waals surface area (Å²) in [4.78, 5) is 14.9. The number of benzene rings is 3. The van der Waals surface area contributed by atoms with Gasteiger partial charge in [-0.15, -0.1) is 0 Å². The molecule has 0 N–H and O–H groups in total. The van der Waals surface area contributed by atoms with Crippen molar-refractivity contribution in [3.8, 4) is 5.75 Å². The van der Waals surface area contributed by atoms with E-state index in [2.05, 4.69) is 0 Å². The van der Waals surface area contributed by atoms with Gasteiger partial charge in [0.1, 0.15) is 11.6 Å². The van der Waals surface area contributed by atoms with Crippen molar-refractivity contribution in [3.63, 3.8) is 0 Å². The molecule has 0 saturated heterocycles. The molecule has 0 aliphatic carbocycles. The fraction of sp³-hybridized carbons (Fsp3) is 0.0800. The molecule has 30 heavy (non-hydrogen) atoms. The third-order valence-electron chi connectivity index (χ3n) is 4.96. The van der Waals surface area contributed by atoms with Crippen LogP contribution in [0.5, 0.6) is 5.75 Å². The van der Waals surface area contributed by atoms with Gasteiger partial charge in [0.25, 0.3) is 5.91 Å². The molecule has 5 heteroatoms. The van der Waals surface area contributed by atoms with Crippen LogP contribution in [-0.2, 0) is 4.79 Å². The molecule has 1 aliphatic heterocycles. The number of methoxy groups -OCH3 is 1. The number of halogens is 2. The third-order valence-corrected chi connectivity index (χ3v) is 5.21. The minimum absolute atomic E-state index is 0.179. The predicted octanol–water partition coefficient (Wildman–Crippen LogP) is 6.27. The van der Waals surface area contributed by atoms with Crippen LogP contribution < -0.4 is 9.64 Å². The number of carbonyl (C=O) groups is 1. The molecule has 0 bridgehead atoms. The van der Waals surface area contributed by atoms with Crippen molar-refractivity contribution in [2.75, 3.05) is 12.0 Å². The normalized spacial score (nSPS) is 14.9. The topological polar surface area (TPSA) is 29.5 Å². The van der Waals surface area contributed by atoms with Gasteiger partial charge in [-0.3, -0.25) is 9.69 Å². The molecule has 3 aromatic rings. The summed E-state index contributed by atoms with van der Waals surface area (Å²) in [6.07, 6.45) is 3.67. The number of anilines is 1. The summed E-state index contributed by atoms with van der Waals surface area (Å²) in [6, 6.07) is 19.4. The second-order valence-electron chi connectivity index (χ2n) is 6.98. The number of carbonyl (C=O) groups excluding carboxylic acids is 1. The van der Waals surface area contributed by atoms with Gasteiger partial charge in [0.2, 0.25) is 0 Å². The quantitative estimate of drug-likeness (QED) is 0.466. The van der Waals surface area contributed by atoms with Crippen molar-refractivity contribution >= 4 is 35.0 Å². The molecule has 150 valence electrons. The Hall–Kier alpha value is -3.37. The number of amides is 1. The van der Waals surface area contributed by atoms with Crippen molar-refractivity contribution in [1.82, 2.24) is 0 Å². The molecule has 1 amide bonds. The van der Waals surface area contributed by atoms with Crippen LogP contribution in [0.15, 0.2) is 78.4 Å². The van der Waals surface area contributed by atoms with Gasteiger partial charge in [0, 0.05) is 16.3 Å². The second kappa shape index (κ2) is 8.17. The molecule has 0 aromatic heterocycles. The van der Waals surface area contributed by atoms with Crippen molar-refractivity contribution < 1.29 is 13.9 Å². The molecule has 0 atom stereocenters. The lowest BCUT2D eigenvalue weighted by Gasteiger charge is -2.21. The molecule has 1 aliphatic rings. The van der Waals surface area contributed by atoms with Gasteiger partial charge >= 0.3 is 0 Å². The Labute approximate surface area is 179 Å². The third kappa shape index (κ3) is 3.87. The van der Waals surface area contributed by atoms with E-state index in [1.54, 1.807) is 43.2 Å². The van der Waals surface area contributed by atoms with E-state index in [-0.39, 0.29) is 11.7 Å². The fourth-order valence-corrected chi connectivity index (χ4v) is 3.48. The van der Waals surface area contributed by atoms with E-state index in [4.69, 9.17) is 16.3 Å². The molecule has 0 radical (unpaired) electrons. The van der Waals surface area contributed by atoms with Gasteiger partial charge in [0.05, 0.1) is 12.8 Å². The maximum absolute atomic E-state index is 13.8. The van der Waals surface area contributed by atoms with Crippen LogP contribution in [0.2, 0.25) is 5.02 Å². The Morgan fingerprint density at radius 2 is 1.70 bits per heavy atom. The van der Waals surface area contributed by atoms with Crippen molar-refractivity contribution in [1.29, 1.82) is 0 Å². The summed E-state index contributed by atoms with van der Waals surface area (Å²) in [7, 11) is 1.61. The highest BCUT2D eigenvalue weighted by atomic mass is 35.5. The van der Waals surface area contributed by atoms with E-state index in [9.17, 15) is 9.18 Å². The van der Waals surface area contributed by atoms with Gasteiger partial charge in [0.15, 0.2) is 0 Å². The summed E-state index contributed by atoms with van der Waals surface area (Å²) in [5.41, 5.74) is 4.05. The van der Waals surface area contributed by atoms with E-state index in [1.807, 2.05) is 48.6 Å². The van der Waals surface area contributed by atoms with Crippen LogP contribution >= 0.6 is 11.6 Å². The fourth-order valence-electron chi connectivity index (χ4n) is 3.35. The minimum atomic E-state index is -0.309. The standard InChI is InChI=1S/C25H19ClFNO2/c1-16-13-21(9-12-23(16)27)28-24(18-5-7-20(26)8-6-18)15-19(25(28)29)14-17-3-10-22(30-2)11-4-17/h3-15H,1-2H3/b19-14-. The zero-order valence-corrected chi connectivity index (χ0v) is 17.3. The first kappa shape index (κ1) is 19.9. The molecule has 3 nitrogen and oxygen atoms in total. The molecular formula is C25H19ClFNO2. The lowest BCUT2D eigenvalue weighted by molar-refractivity contribution is -0.113. The number of ether oxygens (including phenoxy) is 1. The molecule has 0 fully saturated rings. The van der Waals surface area contributed by atoms with E-state index in [0.717, 1.165) is 16.9 Å². The Kier molecular flexibility index (Phi) is 5.42. The number of nitrogens with zero attached hydrogens (tertiary/aromatic N) is 1. The summed E-state index contributed by atoms with van der Waals surface area (Å²) >= 11 is 6.04. The zero-order chi connectivity index (χ0) is 21.3. The Morgan fingerprint density at radius 3 is 2.33 bits per heavy atom. The number of rotatable bonds is 4. The summed E-state index contributed by atoms with van der Waals surface area (Å²) in [5, 5.41) is 0.613. The van der Waals surface area contributed by atoms with E-state index >= 15 is 0 Å².